The summed E-state index contributed by atoms with van der Waals surface area (Å²) in [5.41, 5.74) is 2.60. The SMILES string of the molecule is CC(C)(C)OC(=O)N1CC2CC1CN2c1nc(-c2ccnc(NCCc3ccccc3)c2)nc2ccccc12. The van der Waals surface area contributed by atoms with E-state index in [4.69, 9.17) is 14.7 Å². The van der Waals surface area contributed by atoms with Gasteiger partial charge in [-0.2, -0.15) is 0 Å². The number of hydrogen-bond acceptors (Lipinski definition) is 7. The highest BCUT2D eigenvalue weighted by molar-refractivity contribution is 5.91. The minimum atomic E-state index is -0.504. The van der Waals surface area contributed by atoms with E-state index in [-0.39, 0.29) is 18.2 Å². The predicted octanol–water partition coefficient (Wildman–Crippen LogP) is 5.54. The first-order valence-corrected chi connectivity index (χ1v) is 13.6. The van der Waals surface area contributed by atoms with Crippen LogP contribution in [-0.2, 0) is 11.2 Å². The van der Waals surface area contributed by atoms with Gasteiger partial charge in [0.15, 0.2) is 5.82 Å². The summed E-state index contributed by atoms with van der Waals surface area (Å²) in [7, 11) is 0. The number of para-hydroxylation sites is 1. The Morgan fingerprint density at radius 2 is 1.79 bits per heavy atom. The first-order chi connectivity index (χ1) is 18.8. The maximum absolute atomic E-state index is 12.8. The Labute approximate surface area is 229 Å². The van der Waals surface area contributed by atoms with Gasteiger partial charge in [0.05, 0.1) is 17.6 Å². The average molecular weight is 523 g/mol. The summed E-state index contributed by atoms with van der Waals surface area (Å²) >= 11 is 0. The molecule has 2 aromatic heterocycles. The van der Waals surface area contributed by atoms with Gasteiger partial charge in [0, 0.05) is 36.8 Å². The fourth-order valence-electron chi connectivity index (χ4n) is 5.52. The van der Waals surface area contributed by atoms with Crippen molar-refractivity contribution in [2.75, 3.05) is 29.9 Å². The summed E-state index contributed by atoms with van der Waals surface area (Å²) < 4.78 is 5.66. The molecule has 6 rings (SSSR count). The zero-order chi connectivity index (χ0) is 27.0. The molecule has 1 amide bonds. The summed E-state index contributed by atoms with van der Waals surface area (Å²) in [6, 6.07) is 22.8. The Balaban J connectivity index is 1.24. The number of nitrogens with zero attached hydrogens (tertiary/aromatic N) is 5. The van der Waals surface area contributed by atoms with Gasteiger partial charge in [-0.1, -0.05) is 42.5 Å². The lowest BCUT2D eigenvalue weighted by atomic mass is 10.1. The van der Waals surface area contributed by atoms with Gasteiger partial charge in [0.25, 0.3) is 0 Å². The fourth-order valence-corrected chi connectivity index (χ4v) is 5.52. The number of nitrogens with one attached hydrogen (secondary N) is 1. The summed E-state index contributed by atoms with van der Waals surface area (Å²) in [5, 5.41) is 4.46. The number of fused-ring (bicyclic) bond motifs is 3. The van der Waals surface area contributed by atoms with E-state index in [1.165, 1.54) is 5.56 Å². The molecule has 39 heavy (non-hydrogen) atoms. The van der Waals surface area contributed by atoms with Crippen LogP contribution in [0.4, 0.5) is 16.4 Å². The summed E-state index contributed by atoms with van der Waals surface area (Å²) in [6.45, 7) is 7.87. The number of benzene rings is 2. The molecule has 1 N–H and O–H groups in total. The third kappa shape index (κ3) is 5.37. The maximum atomic E-state index is 12.8. The number of ether oxygens (including phenoxy) is 1. The second-order valence-corrected chi connectivity index (χ2v) is 11.3. The largest absolute Gasteiger partial charge is 0.444 e. The second kappa shape index (κ2) is 10.2. The highest BCUT2D eigenvalue weighted by Crippen LogP contribution is 2.38. The molecule has 0 spiro atoms. The fraction of sp³-hybridized carbons (Fsp3) is 0.355. The normalized spacial score (nSPS) is 18.5. The van der Waals surface area contributed by atoms with Crippen molar-refractivity contribution in [3.63, 3.8) is 0 Å². The van der Waals surface area contributed by atoms with Gasteiger partial charge < -0.3 is 19.9 Å². The molecule has 8 heteroatoms. The molecule has 2 atom stereocenters. The number of hydrogen-bond donors (Lipinski definition) is 1. The number of piperazine rings is 1. The molecule has 0 aliphatic carbocycles. The van der Waals surface area contributed by atoms with Gasteiger partial charge in [0.2, 0.25) is 0 Å². The molecule has 200 valence electrons. The van der Waals surface area contributed by atoms with E-state index in [0.29, 0.717) is 12.4 Å². The van der Waals surface area contributed by atoms with Crippen LogP contribution in [0.15, 0.2) is 72.9 Å². The standard InChI is InChI=1S/C31H34N6O2/c1-31(2,3)39-30(38)37-20-23-18-24(37)19-36(23)29-25-11-7-8-12-26(25)34-28(35-29)22-14-16-33-27(17-22)32-15-13-21-9-5-4-6-10-21/h4-12,14,16-17,23-24H,13,15,18-20H2,1-3H3,(H,32,33). The van der Waals surface area contributed by atoms with E-state index in [1.807, 2.05) is 62.1 Å². The molecule has 2 aliphatic heterocycles. The number of carbonyl (C=O) groups is 1. The van der Waals surface area contributed by atoms with Crippen molar-refractivity contribution in [1.29, 1.82) is 0 Å². The summed E-state index contributed by atoms with van der Waals surface area (Å²) in [4.78, 5) is 31.5. The minimum Gasteiger partial charge on any atom is -0.444 e. The quantitative estimate of drug-likeness (QED) is 0.356. The molecule has 2 bridgehead atoms. The Bertz CT molecular complexity index is 1490. The van der Waals surface area contributed by atoms with Crippen LogP contribution in [0.5, 0.6) is 0 Å². The monoisotopic (exact) mass is 522 g/mol. The number of likely N-dealkylation sites (tertiary alicyclic amines) is 1. The van der Waals surface area contributed by atoms with Gasteiger partial charge >= 0.3 is 6.09 Å². The lowest BCUT2D eigenvalue weighted by Gasteiger charge is -2.36. The van der Waals surface area contributed by atoms with Gasteiger partial charge in [-0.3, -0.25) is 0 Å². The topological polar surface area (TPSA) is 83.5 Å². The lowest BCUT2D eigenvalue weighted by Crippen LogP contribution is -2.50. The van der Waals surface area contributed by atoms with E-state index in [1.54, 1.807) is 6.20 Å². The molecule has 2 saturated heterocycles. The third-order valence-electron chi connectivity index (χ3n) is 7.30. The van der Waals surface area contributed by atoms with E-state index >= 15 is 0 Å². The van der Waals surface area contributed by atoms with Crippen LogP contribution in [0.1, 0.15) is 32.8 Å². The summed E-state index contributed by atoms with van der Waals surface area (Å²) in [6.07, 6.45) is 3.40. The van der Waals surface area contributed by atoms with Crippen molar-refractivity contribution in [1.82, 2.24) is 19.9 Å². The second-order valence-electron chi connectivity index (χ2n) is 11.3. The van der Waals surface area contributed by atoms with Crippen LogP contribution in [0.3, 0.4) is 0 Å². The van der Waals surface area contributed by atoms with Crippen molar-refractivity contribution in [3.05, 3.63) is 78.5 Å². The molecule has 4 aromatic rings. The minimum absolute atomic E-state index is 0.114. The average Bonchev–Trinajstić information content (AvgIpc) is 3.54. The van der Waals surface area contributed by atoms with E-state index in [0.717, 1.165) is 54.0 Å². The van der Waals surface area contributed by atoms with Crippen molar-refractivity contribution in [2.45, 2.75) is 51.3 Å². The number of rotatable bonds is 6. The summed E-state index contributed by atoms with van der Waals surface area (Å²) in [5.74, 6) is 2.39. The van der Waals surface area contributed by atoms with Crippen LogP contribution in [0.25, 0.3) is 22.3 Å². The zero-order valence-corrected chi connectivity index (χ0v) is 22.7. The molecular weight excluding hydrogens is 488 g/mol. The number of aromatic nitrogens is 3. The van der Waals surface area contributed by atoms with Crippen LogP contribution < -0.4 is 10.2 Å². The highest BCUT2D eigenvalue weighted by Gasteiger charge is 2.47. The molecule has 8 nitrogen and oxygen atoms in total. The first kappa shape index (κ1) is 25.1. The number of anilines is 2. The number of amides is 1. The third-order valence-corrected chi connectivity index (χ3v) is 7.30. The highest BCUT2D eigenvalue weighted by atomic mass is 16.6. The maximum Gasteiger partial charge on any atom is 0.410 e. The Hall–Kier alpha value is -4.20. The van der Waals surface area contributed by atoms with Gasteiger partial charge in [0.1, 0.15) is 17.2 Å². The smallest absolute Gasteiger partial charge is 0.410 e. The van der Waals surface area contributed by atoms with Crippen molar-refractivity contribution in [2.24, 2.45) is 0 Å². The van der Waals surface area contributed by atoms with Crippen molar-refractivity contribution >= 4 is 28.6 Å². The van der Waals surface area contributed by atoms with Crippen LogP contribution in [0, 0.1) is 0 Å². The van der Waals surface area contributed by atoms with Gasteiger partial charge in [-0.05, 0) is 63.4 Å². The predicted molar refractivity (Wildman–Crippen MR) is 154 cm³/mol. The number of pyridine rings is 1. The van der Waals surface area contributed by atoms with Gasteiger partial charge in [-0.25, -0.2) is 19.7 Å². The molecular formula is C31H34N6O2. The molecule has 2 fully saturated rings. The lowest BCUT2D eigenvalue weighted by molar-refractivity contribution is 0.0214. The van der Waals surface area contributed by atoms with Crippen molar-refractivity contribution < 1.29 is 9.53 Å². The molecule has 2 aliphatic rings. The molecule has 2 unspecified atom stereocenters. The first-order valence-electron chi connectivity index (χ1n) is 13.6. The molecule has 4 heterocycles. The molecule has 2 aromatic carbocycles. The van der Waals surface area contributed by atoms with E-state index in [2.05, 4.69) is 45.5 Å². The van der Waals surface area contributed by atoms with Crippen LogP contribution in [-0.4, -0.2) is 63.3 Å². The van der Waals surface area contributed by atoms with E-state index < -0.39 is 5.60 Å². The Morgan fingerprint density at radius 3 is 2.56 bits per heavy atom. The molecule has 0 saturated carbocycles. The van der Waals surface area contributed by atoms with Crippen molar-refractivity contribution in [3.8, 4) is 11.4 Å². The Kier molecular flexibility index (Phi) is 6.54. The molecule has 0 radical (unpaired) electrons. The van der Waals surface area contributed by atoms with E-state index in [9.17, 15) is 4.79 Å². The Morgan fingerprint density at radius 1 is 1.00 bits per heavy atom. The van der Waals surface area contributed by atoms with Crippen LogP contribution in [0.2, 0.25) is 0 Å². The van der Waals surface area contributed by atoms with Crippen LogP contribution >= 0.6 is 0 Å². The van der Waals surface area contributed by atoms with Gasteiger partial charge in [-0.15, -0.1) is 0 Å². The number of carbonyl (C=O) groups excluding carboxylic acids is 1. The zero-order valence-electron chi connectivity index (χ0n) is 22.7.